The summed E-state index contributed by atoms with van der Waals surface area (Å²) < 4.78 is 10.4. The molecule has 7 N–H and O–H groups in total. The Labute approximate surface area is 328 Å². The van der Waals surface area contributed by atoms with Crippen LogP contribution in [-0.2, 0) is 33.4 Å². The van der Waals surface area contributed by atoms with Crippen LogP contribution in [0.15, 0.2) is 12.2 Å². The Kier molecular flexibility index (Phi) is 36.4. The number of nitrogens with two attached hydrogens (primary N) is 2. The molecule has 0 rings (SSSR count). The molecule has 2 unspecified atom stereocenters. The van der Waals surface area contributed by atoms with E-state index in [0.717, 1.165) is 32.1 Å². The molecule has 0 spiro atoms. The van der Waals surface area contributed by atoms with Gasteiger partial charge in [-0.15, -0.1) is 0 Å². The number of ether oxygens (including phenoxy) is 2. The van der Waals surface area contributed by atoms with Crippen LogP contribution in [0.25, 0.3) is 0 Å². The molecule has 0 aromatic rings. The lowest BCUT2D eigenvalue weighted by Crippen LogP contribution is -2.51. The Bertz CT molecular complexity index is 990. The maximum atomic E-state index is 12.5. The van der Waals surface area contributed by atoms with Crippen molar-refractivity contribution >= 4 is 51.2 Å². The second-order valence-corrected chi connectivity index (χ2v) is 16.0. The Morgan fingerprint density at radius 2 is 1.19 bits per heavy atom. The molecular weight excluding hydrogens is 715 g/mol. The van der Waals surface area contributed by atoms with Crippen molar-refractivity contribution in [1.29, 1.82) is 0 Å². The molecule has 3 amide bonds. The van der Waals surface area contributed by atoms with Crippen LogP contribution in [-0.4, -0.2) is 86.1 Å². The summed E-state index contributed by atoms with van der Waals surface area (Å²) >= 11 is 0. The lowest BCUT2D eigenvalue weighted by Gasteiger charge is -2.20. The fourth-order valence-corrected chi connectivity index (χ4v) is 7.03. The minimum absolute atomic E-state index is 0.0121. The third-order valence-electron chi connectivity index (χ3n) is 8.36. The van der Waals surface area contributed by atoms with Crippen molar-refractivity contribution in [3.63, 3.8) is 0 Å². The van der Waals surface area contributed by atoms with Gasteiger partial charge in [0.15, 0.2) is 0 Å². The first-order chi connectivity index (χ1) is 25.7. The fraction of sp³-hybridized carbons (Fsp3) is 0.821. The van der Waals surface area contributed by atoms with E-state index in [9.17, 15) is 24.0 Å². The average Bonchev–Trinajstić information content (AvgIpc) is 3.14. The first kappa shape index (κ1) is 50.7. The van der Waals surface area contributed by atoms with Crippen molar-refractivity contribution in [2.45, 2.75) is 161 Å². The monoisotopic (exact) mass is 787 g/mol. The van der Waals surface area contributed by atoms with Crippen molar-refractivity contribution in [2.75, 3.05) is 44.4 Å². The molecule has 0 radical (unpaired) electrons. The van der Waals surface area contributed by atoms with Crippen LogP contribution in [0.5, 0.6) is 0 Å². The smallest absolute Gasteiger partial charge is 0.306 e. The Morgan fingerprint density at radius 3 is 1.79 bits per heavy atom. The molecule has 0 aliphatic carbocycles. The van der Waals surface area contributed by atoms with E-state index in [1.54, 1.807) is 21.6 Å². The molecule has 0 aromatic carbocycles. The number of unbranched alkanes of at least 4 members (excludes halogenated alkanes) is 11. The van der Waals surface area contributed by atoms with Gasteiger partial charge in [0.2, 0.25) is 17.7 Å². The number of rotatable bonds is 37. The topological polar surface area (TPSA) is 192 Å². The number of hydrogen-bond donors (Lipinski definition) is 5. The van der Waals surface area contributed by atoms with Gasteiger partial charge in [0.25, 0.3) is 0 Å². The third-order valence-corrected chi connectivity index (χ3v) is 10.8. The van der Waals surface area contributed by atoms with Gasteiger partial charge in [0.05, 0.1) is 25.7 Å². The minimum atomic E-state index is -0.682. The second-order valence-electron chi connectivity index (χ2n) is 13.3. The highest BCUT2D eigenvalue weighted by molar-refractivity contribution is 8.76. The number of carbonyl (C=O) groups is 5. The summed E-state index contributed by atoms with van der Waals surface area (Å²) in [6.45, 7) is 5.91. The summed E-state index contributed by atoms with van der Waals surface area (Å²) in [6.07, 6.45) is 23.7. The minimum Gasteiger partial charge on any atom is -0.466 e. The number of carbonyl (C=O) groups excluding carboxylic acids is 5. The van der Waals surface area contributed by atoms with E-state index in [1.165, 1.54) is 57.8 Å². The number of allylic oxidation sites excluding steroid dienone is 2. The SMILES string of the molecule is CCCCCCCC/C=C\CCCCCCCC(=O)OCCCOC(=O)CCC(=O)NCCSSCCNC(=O)C(CCC)NC(=O)C(N)CCCN. The van der Waals surface area contributed by atoms with Gasteiger partial charge in [-0.1, -0.05) is 105 Å². The second kappa shape index (κ2) is 38.0. The highest BCUT2D eigenvalue weighted by Crippen LogP contribution is 2.19. The molecule has 0 bridgehead atoms. The van der Waals surface area contributed by atoms with Crippen LogP contribution in [0.2, 0.25) is 0 Å². The van der Waals surface area contributed by atoms with E-state index in [4.69, 9.17) is 20.9 Å². The Hall–Kier alpha value is -2.29. The maximum Gasteiger partial charge on any atom is 0.306 e. The first-order valence-corrected chi connectivity index (χ1v) is 22.7. The number of amides is 3. The van der Waals surface area contributed by atoms with Gasteiger partial charge in [-0.05, 0) is 57.9 Å². The molecule has 0 aromatic heterocycles. The highest BCUT2D eigenvalue weighted by Gasteiger charge is 2.22. The zero-order valence-electron chi connectivity index (χ0n) is 32.9. The summed E-state index contributed by atoms with van der Waals surface area (Å²) in [5.74, 6) is -0.142. The van der Waals surface area contributed by atoms with E-state index in [-0.39, 0.29) is 49.7 Å². The fourth-order valence-electron chi connectivity index (χ4n) is 5.21. The van der Waals surface area contributed by atoms with Gasteiger partial charge in [-0.3, -0.25) is 24.0 Å². The number of esters is 2. The quantitative estimate of drug-likeness (QED) is 0.0207. The highest BCUT2D eigenvalue weighted by atomic mass is 33.1. The summed E-state index contributed by atoms with van der Waals surface area (Å²) in [6, 6.07) is -1.30. The molecule has 0 aliphatic rings. The lowest BCUT2D eigenvalue weighted by molar-refractivity contribution is -0.147. The van der Waals surface area contributed by atoms with E-state index in [0.29, 0.717) is 63.2 Å². The molecule has 14 heteroatoms. The Morgan fingerprint density at radius 1 is 0.623 bits per heavy atom. The van der Waals surface area contributed by atoms with Gasteiger partial charge in [0, 0.05) is 43.9 Å². The molecule has 12 nitrogen and oxygen atoms in total. The number of hydrogen-bond acceptors (Lipinski definition) is 11. The predicted molar refractivity (Wildman–Crippen MR) is 219 cm³/mol. The zero-order valence-corrected chi connectivity index (χ0v) is 34.6. The van der Waals surface area contributed by atoms with Gasteiger partial charge in [0.1, 0.15) is 6.04 Å². The van der Waals surface area contributed by atoms with Crippen molar-refractivity contribution in [3.8, 4) is 0 Å². The first-order valence-electron chi connectivity index (χ1n) is 20.3. The van der Waals surface area contributed by atoms with Gasteiger partial charge in [-0.25, -0.2) is 0 Å². The van der Waals surface area contributed by atoms with E-state index in [1.807, 2.05) is 6.92 Å². The van der Waals surface area contributed by atoms with Crippen LogP contribution in [0.4, 0.5) is 0 Å². The number of nitrogens with one attached hydrogen (secondary N) is 3. The van der Waals surface area contributed by atoms with Crippen LogP contribution in [0, 0.1) is 0 Å². The summed E-state index contributed by atoms with van der Waals surface area (Å²) in [7, 11) is 3.14. The molecule has 53 heavy (non-hydrogen) atoms. The van der Waals surface area contributed by atoms with Crippen molar-refractivity contribution in [3.05, 3.63) is 12.2 Å². The molecule has 0 aliphatic heterocycles. The van der Waals surface area contributed by atoms with Gasteiger partial charge in [-0.2, -0.15) is 0 Å². The zero-order chi connectivity index (χ0) is 39.2. The van der Waals surface area contributed by atoms with E-state index < -0.39 is 18.1 Å². The standard InChI is InChI=1S/C39H73N5O7S2/c1-3-5-6-7-8-9-10-11-12-13-14-15-16-17-18-23-36(46)50-29-20-30-51-37(47)25-24-35(45)42-27-31-52-53-32-28-43-39(49)34(21-4-2)44-38(48)33(41)22-19-26-40/h11-12,33-34H,3-10,13-32,40-41H2,1-2H3,(H,42,45)(H,43,49)(H,44,48)/b12-11-. The summed E-state index contributed by atoms with van der Waals surface area (Å²) in [5, 5.41) is 8.39. The van der Waals surface area contributed by atoms with Crippen LogP contribution in [0.3, 0.4) is 0 Å². The average molecular weight is 788 g/mol. The van der Waals surface area contributed by atoms with Gasteiger partial charge >= 0.3 is 11.9 Å². The summed E-state index contributed by atoms with van der Waals surface area (Å²) in [5.41, 5.74) is 11.4. The molecular formula is C39H73N5O7S2. The van der Waals surface area contributed by atoms with Gasteiger partial charge < -0.3 is 36.9 Å². The van der Waals surface area contributed by atoms with E-state index >= 15 is 0 Å². The normalized spacial score (nSPS) is 12.3. The molecule has 0 fully saturated rings. The lowest BCUT2D eigenvalue weighted by atomic mass is 10.1. The van der Waals surface area contributed by atoms with Crippen LogP contribution in [0.1, 0.15) is 149 Å². The molecule has 0 saturated carbocycles. The predicted octanol–water partition coefficient (Wildman–Crippen LogP) is 6.25. The van der Waals surface area contributed by atoms with Crippen LogP contribution < -0.4 is 27.4 Å². The van der Waals surface area contributed by atoms with Crippen molar-refractivity contribution in [1.82, 2.24) is 16.0 Å². The third kappa shape index (κ3) is 34.0. The van der Waals surface area contributed by atoms with E-state index in [2.05, 4.69) is 35.0 Å². The Balaban J connectivity index is 3.68. The van der Waals surface area contributed by atoms with Crippen molar-refractivity contribution < 1.29 is 33.4 Å². The van der Waals surface area contributed by atoms with Crippen molar-refractivity contribution in [2.24, 2.45) is 11.5 Å². The van der Waals surface area contributed by atoms with Crippen LogP contribution >= 0.6 is 21.6 Å². The molecule has 0 saturated heterocycles. The molecule has 2 atom stereocenters. The molecule has 0 heterocycles. The summed E-state index contributed by atoms with van der Waals surface area (Å²) in [4.78, 5) is 60.8. The molecule has 308 valence electrons. The largest absolute Gasteiger partial charge is 0.466 e. The maximum absolute atomic E-state index is 12.5.